The van der Waals surface area contributed by atoms with Crippen molar-refractivity contribution in [3.8, 4) is 11.4 Å². The predicted octanol–water partition coefficient (Wildman–Crippen LogP) is 4.74. The summed E-state index contributed by atoms with van der Waals surface area (Å²) in [5, 5.41) is 7.18. The van der Waals surface area contributed by atoms with Gasteiger partial charge >= 0.3 is 0 Å². The molecule has 0 aliphatic rings. The van der Waals surface area contributed by atoms with Gasteiger partial charge in [0.15, 0.2) is 0 Å². The van der Waals surface area contributed by atoms with Gasteiger partial charge in [-0.2, -0.15) is 4.98 Å². The maximum Gasteiger partial charge on any atom is 0.261 e. The van der Waals surface area contributed by atoms with Gasteiger partial charge in [0.2, 0.25) is 17.6 Å². The SMILES string of the molecule is CC(=O)Nc1ccc(Cc2nc(-c3ccc(NS(=O)(=O)c4ccc(Cl)cc4)cc3)no2)cc1. The summed E-state index contributed by atoms with van der Waals surface area (Å²) in [7, 11) is -3.73. The van der Waals surface area contributed by atoms with E-state index < -0.39 is 10.0 Å². The second-order valence-corrected chi connectivity index (χ2v) is 9.32. The van der Waals surface area contributed by atoms with Crippen molar-refractivity contribution in [3.05, 3.63) is 89.3 Å². The number of amides is 1. The summed E-state index contributed by atoms with van der Waals surface area (Å²) >= 11 is 5.82. The van der Waals surface area contributed by atoms with Crippen LogP contribution in [0.1, 0.15) is 18.4 Å². The van der Waals surface area contributed by atoms with Gasteiger partial charge in [0.25, 0.3) is 10.0 Å². The van der Waals surface area contributed by atoms with Crippen molar-refractivity contribution in [2.45, 2.75) is 18.2 Å². The van der Waals surface area contributed by atoms with Crippen LogP contribution < -0.4 is 10.0 Å². The quantitative estimate of drug-likeness (QED) is 0.393. The minimum absolute atomic E-state index is 0.115. The van der Waals surface area contributed by atoms with E-state index in [1.54, 1.807) is 36.4 Å². The second-order valence-electron chi connectivity index (χ2n) is 7.20. The number of aromatic nitrogens is 2. The summed E-state index contributed by atoms with van der Waals surface area (Å²) in [6.45, 7) is 1.45. The van der Waals surface area contributed by atoms with Crippen LogP contribution in [0.4, 0.5) is 11.4 Å². The smallest absolute Gasteiger partial charge is 0.261 e. The Balaban J connectivity index is 1.42. The van der Waals surface area contributed by atoms with Gasteiger partial charge in [-0.05, 0) is 66.2 Å². The summed E-state index contributed by atoms with van der Waals surface area (Å²) in [6, 6.07) is 19.9. The zero-order valence-electron chi connectivity index (χ0n) is 17.4. The van der Waals surface area contributed by atoms with Crippen molar-refractivity contribution in [3.63, 3.8) is 0 Å². The normalized spacial score (nSPS) is 11.2. The van der Waals surface area contributed by atoms with E-state index in [2.05, 4.69) is 20.2 Å². The summed E-state index contributed by atoms with van der Waals surface area (Å²) in [6.07, 6.45) is 0.437. The van der Waals surface area contributed by atoms with Crippen LogP contribution in [-0.2, 0) is 21.2 Å². The third-order valence-electron chi connectivity index (χ3n) is 4.62. The molecule has 168 valence electrons. The second kappa shape index (κ2) is 9.43. The molecule has 10 heteroatoms. The third-order valence-corrected chi connectivity index (χ3v) is 6.27. The number of nitrogens with one attached hydrogen (secondary N) is 2. The van der Waals surface area contributed by atoms with Gasteiger partial charge in [0, 0.05) is 28.9 Å². The molecule has 0 atom stereocenters. The van der Waals surface area contributed by atoms with Crippen LogP contribution in [0, 0.1) is 0 Å². The molecule has 0 aliphatic heterocycles. The van der Waals surface area contributed by atoms with E-state index in [4.69, 9.17) is 16.1 Å². The van der Waals surface area contributed by atoms with Crippen LogP contribution >= 0.6 is 11.6 Å². The number of anilines is 2. The van der Waals surface area contributed by atoms with Gasteiger partial charge in [-0.15, -0.1) is 0 Å². The van der Waals surface area contributed by atoms with Crippen molar-refractivity contribution in [1.82, 2.24) is 10.1 Å². The van der Waals surface area contributed by atoms with Gasteiger partial charge in [0.1, 0.15) is 0 Å². The standard InChI is InChI=1S/C23H19ClN4O4S/c1-15(29)25-19-8-2-16(3-9-19)14-22-26-23(27-32-22)17-4-10-20(11-5-17)28-33(30,31)21-12-6-18(24)7-13-21/h2-13,28H,14H2,1H3,(H,25,29). The Morgan fingerprint density at radius 3 is 2.21 bits per heavy atom. The van der Waals surface area contributed by atoms with Gasteiger partial charge in [-0.1, -0.05) is 28.9 Å². The zero-order valence-corrected chi connectivity index (χ0v) is 19.0. The van der Waals surface area contributed by atoms with Crippen LogP contribution in [0.3, 0.4) is 0 Å². The molecule has 0 fully saturated rings. The number of benzene rings is 3. The van der Waals surface area contributed by atoms with Crippen LogP contribution in [0.5, 0.6) is 0 Å². The van der Waals surface area contributed by atoms with E-state index in [1.165, 1.54) is 31.2 Å². The molecule has 1 amide bonds. The predicted molar refractivity (Wildman–Crippen MR) is 126 cm³/mol. The van der Waals surface area contributed by atoms with Crippen LogP contribution in [0.25, 0.3) is 11.4 Å². The molecule has 1 heterocycles. The van der Waals surface area contributed by atoms with Gasteiger partial charge < -0.3 is 9.84 Å². The summed E-state index contributed by atoms with van der Waals surface area (Å²) in [4.78, 5) is 15.6. The van der Waals surface area contributed by atoms with Crippen molar-refractivity contribution >= 4 is 38.9 Å². The lowest BCUT2D eigenvalue weighted by Gasteiger charge is -2.08. The van der Waals surface area contributed by atoms with Crippen molar-refractivity contribution in [2.24, 2.45) is 0 Å². The van der Waals surface area contributed by atoms with E-state index in [9.17, 15) is 13.2 Å². The third kappa shape index (κ3) is 5.76. The number of carbonyl (C=O) groups excluding carboxylic acids is 1. The molecular weight excluding hydrogens is 464 g/mol. The van der Waals surface area contributed by atoms with E-state index in [0.29, 0.717) is 40.1 Å². The van der Waals surface area contributed by atoms with Crippen molar-refractivity contribution < 1.29 is 17.7 Å². The summed E-state index contributed by atoms with van der Waals surface area (Å²) in [5.41, 5.74) is 2.74. The fraction of sp³-hybridized carbons (Fsp3) is 0.0870. The molecule has 0 saturated heterocycles. The first-order valence-electron chi connectivity index (χ1n) is 9.86. The molecular formula is C23H19ClN4O4S. The maximum absolute atomic E-state index is 12.5. The van der Waals surface area contributed by atoms with Crippen LogP contribution in [-0.4, -0.2) is 24.5 Å². The van der Waals surface area contributed by atoms with E-state index in [0.717, 1.165) is 5.56 Å². The highest BCUT2D eigenvalue weighted by molar-refractivity contribution is 7.92. The van der Waals surface area contributed by atoms with E-state index in [-0.39, 0.29) is 10.8 Å². The Kier molecular flexibility index (Phi) is 6.43. The van der Waals surface area contributed by atoms with Crippen LogP contribution in [0.2, 0.25) is 5.02 Å². The lowest BCUT2D eigenvalue weighted by atomic mass is 10.1. The molecule has 33 heavy (non-hydrogen) atoms. The molecule has 0 aliphatic carbocycles. The molecule has 0 saturated carbocycles. The van der Waals surface area contributed by atoms with Gasteiger partial charge in [-0.3, -0.25) is 9.52 Å². The Bertz CT molecular complexity index is 1370. The fourth-order valence-electron chi connectivity index (χ4n) is 3.04. The largest absolute Gasteiger partial charge is 0.339 e. The number of hydrogen-bond acceptors (Lipinski definition) is 6. The number of hydrogen-bond donors (Lipinski definition) is 2. The lowest BCUT2D eigenvalue weighted by Crippen LogP contribution is -2.12. The Hall–Kier alpha value is -3.69. The van der Waals surface area contributed by atoms with Gasteiger partial charge in [0.05, 0.1) is 11.3 Å². The number of nitrogens with zero attached hydrogens (tertiary/aromatic N) is 2. The number of rotatable bonds is 7. The number of halogens is 1. The Morgan fingerprint density at radius 1 is 0.939 bits per heavy atom. The highest BCUT2D eigenvalue weighted by atomic mass is 35.5. The van der Waals surface area contributed by atoms with E-state index >= 15 is 0 Å². The van der Waals surface area contributed by atoms with Crippen LogP contribution in [0.15, 0.2) is 82.2 Å². The number of sulfonamides is 1. The molecule has 0 radical (unpaired) electrons. The minimum atomic E-state index is -3.73. The molecule has 0 unspecified atom stereocenters. The highest BCUT2D eigenvalue weighted by Crippen LogP contribution is 2.23. The minimum Gasteiger partial charge on any atom is -0.339 e. The molecule has 8 nitrogen and oxygen atoms in total. The van der Waals surface area contributed by atoms with Crippen molar-refractivity contribution in [1.29, 1.82) is 0 Å². The number of carbonyl (C=O) groups is 1. The van der Waals surface area contributed by atoms with Crippen molar-refractivity contribution in [2.75, 3.05) is 10.0 Å². The first-order chi connectivity index (χ1) is 15.8. The Morgan fingerprint density at radius 2 is 1.58 bits per heavy atom. The Labute approximate surface area is 195 Å². The summed E-state index contributed by atoms with van der Waals surface area (Å²) < 4.78 is 32.9. The monoisotopic (exact) mass is 482 g/mol. The molecule has 1 aromatic heterocycles. The molecule has 3 aromatic carbocycles. The molecule has 2 N–H and O–H groups in total. The average Bonchev–Trinajstić information content (AvgIpc) is 3.24. The van der Waals surface area contributed by atoms with E-state index in [1.807, 2.05) is 12.1 Å². The summed E-state index contributed by atoms with van der Waals surface area (Å²) in [5.74, 6) is 0.699. The topological polar surface area (TPSA) is 114 Å². The molecule has 0 spiro atoms. The molecule has 0 bridgehead atoms. The zero-order chi connectivity index (χ0) is 23.4. The first kappa shape index (κ1) is 22.5. The first-order valence-corrected chi connectivity index (χ1v) is 11.7. The highest BCUT2D eigenvalue weighted by Gasteiger charge is 2.15. The average molecular weight is 483 g/mol. The fourth-order valence-corrected chi connectivity index (χ4v) is 4.23. The lowest BCUT2D eigenvalue weighted by molar-refractivity contribution is -0.114. The van der Waals surface area contributed by atoms with Gasteiger partial charge in [-0.25, -0.2) is 8.42 Å². The molecule has 4 rings (SSSR count). The molecule has 4 aromatic rings. The maximum atomic E-state index is 12.5.